The lowest BCUT2D eigenvalue weighted by Gasteiger charge is -2.18. The van der Waals surface area contributed by atoms with Gasteiger partial charge in [0.2, 0.25) is 0 Å². The summed E-state index contributed by atoms with van der Waals surface area (Å²) in [6, 6.07) is 3.84. The molecule has 0 fully saturated rings. The first-order chi connectivity index (χ1) is 6.63. The summed E-state index contributed by atoms with van der Waals surface area (Å²) in [7, 11) is 0. The first kappa shape index (κ1) is 9.15. The molecule has 2 heterocycles. The highest BCUT2D eigenvalue weighted by molar-refractivity contribution is 5.40. The van der Waals surface area contributed by atoms with E-state index in [1.54, 1.807) is 10.7 Å². The summed E-state index contributed by atoms with van der Waals surface area (Å²) in [5.74, 6) is 0. The maximum Gasteiger partial charge on any atom is 0.155 e. The second kappa shape index (κ2) is 3.06. The first-order valence-electron chi connectivity index (χ1n) is 4.64. The smallest absolute Gasteiger partial charge is 0.155 e. The monoisotopic (exact) mass is 190 g/mol. The van der Waals surface area contributed by atoms with E-state index in [0.29, 0.717) is 6.54 Å². The van der Waals surface area contributed by atoms with E-state index in [4.69, 9.17) is 5.73 Å². The average molecular weight is 190 g/mol. The van der Waals surface area contributed by atoms with E-state index >= 15 is 0 Å². The standard InChI is InChI=1S/C10H14N4/c1-10(2,7-11)8-6-9-12-4-3-5-14(9)13-8/h3-6H,7,11H2,1-2H3. The molecule has 74 valence electrons. The minimum absolute atomic E-state index is 0.0896. The first-order valence-corrected chi connectivity index (χ1v) is 4.64. The van der Waals surface area contributed by atoms with Crippen molar-refractivity contribution in [3.05, 3.63) is 30.2 Å². The molecule has 0 aromatic carbocycles. The normalized spacial score (nSPS) is 12.2. The van der Waals surface area contributed by atoms with Crippen molar-refractivity contribution in [1.29, 1.82) is 0 Å². The predicted molar refractivity (Wildman–Crippen MR) is 55.1 cm³/mol. The third kappa shape index (κ3) is 1.37. The van der Waals surface area contributed by atoms with Gasteiger partial charge in [-0.05, 0) is 6.07 Å². The van der Waals surface area contributed by atoms with Gasteiger partial charge in [-0.25, -0.2) is 9.50 Å². The molecule has 2 aromatic heterocycles. The van der Waals surface area contributed by atoms with Gasteiger partial charge in [0.15, 0.2) is 5.65 Å². The maximum absolute atomic E-state index is 5.69. The molecule has 2 rings (SSSR count). The number of hydrogen-bond donors (Lipinski definition) is 1. The Balaban J connectivity index is 2.55. The number of aromatic nitrogens is 3. The third-order valence-electron chi connectivity index (χ3n) is 2.44. The fourth-order valence-electron chi connectivity index (χ4n) is 1.27. The lowest BCUT2D eigenvalue weighted by molar-refractivity contribution is 0.517. The van der Waals surface area contributed by atoms with Crippen molar-refractivity contribution in [2.45, 2.75) is 19.3 Å². The fraction of sp³-hybridized carbons (Fsp3) is 0.400. The SMILES string of the molecule is CC(C)(CN)c1cc2ncccn2n1. The van der Waals surface area contributed by atoms with Gasteiger partial charge >= 0.3 is 0 Å². The zero-order chi connectivity index (χ0) is 10.2. The van der Waals surface area contributed by atoms with E-state index in [1.165, 1.54) is 0 Å². The molecule has 4 nitrogen and oxygen atoms in total. The number of hydrogen-bond acceptors (Lipinski definition) is 3. The highest BCUT2D eigenvalue weighted by atomic mass is 15.2. The Morgan fingerprint density at radius 3 is 2.93 bits per heavy atom. The summed E-state index contributed by atoms with van der Waals surface area (Å²) in [5.41, 5.74) is 7.45. The van der Waals surface area contributed by atoms with Crippen LogP contribution in [-0.4, -0.2) is 21.1 Å². The summed E-state index contributed by atoms with van der Waals surface area (Å²) in [6.45, 7) is 4.74. The minimum atomic E-state index is -0.0896. The summed E-state index contributed by atoms with van der Waals surface area (Å²) < 4.78 is 1.77. The van der Waals surface area contributed by atoms with Crippen LogP contribution in [0.15, 0.2) is 24.5 Å². The second-order valence-corrected chi connectivity index (χ2v) is 4.04. The van der Waals surface area contributed by atoms with Crippen LogP contribution < -0.4 is 5.73 Å². The van der Waals surface area contributed by atoms with Gasteiger partial charge in [0.1, 0.15) is 0 Å². The Kier molecular flexibility index (Phi) is 2.00. The number of nitrogens with zero attached hydrogens (tertiary/aromatic N) is 3. The lowest BCUT2D eigenvalue weighted by Crippen LogP contribution is -2.28. The molecule has 0 saturated heterocycles. The molecule has 0 unspecified atom stereocenters. The molecule has 0 radical (unpaired) electrons. The molecule has 0 amide bonds. The van der Waals surface area contributed by atoms with Crippen molar-refractivity contribution in [2.24, 2.45) is 5.73 Å². The Labute approximate surface area is 82.8 Å². The van der Waals surface area contributed by atoms with Gasteiger partial charge < -0.3 is 5.73 Å². The third-order valence-corrected chi connectivity index (χ3v) is 2.44. The van der Waals surface area contributed by atoms with Crippen molar-refractivity contribution in [3.63, 3.8) is 0 Å². The van der Waals surface area contributed by atoms with Gasteiger partial charge in [-0.3, -0.25) is 0 Å². The van der Waals surface area contributed by atoms with Crippen molar-refractivity contribution in [3.8, 4) is 0 Å². The number of fused-ring (bicyclic) bond motifs is 1. The van der Waals surface area contributed by atoms with E-state index in [-0.39, 0.29) is 5.41 Å². The lowest BCUT2D eigenvalue weighted by atomic mass is 9.90. The van der Waals surface area contributed by atoms with Crippen molar-refractivity contribution < 1.29 is 0 Å². The second-order valence-electron chi connectivity index (χ2n) is 4.04. The summed E-state index contributed by atoms with van der Waals surface area (Å²) >= 11 is 0. The van der Waals surface area contributed by atoms with E-state index in [0.717, 1.165) is 11.3 Å². The molecule has 0 aliphatic heterocycles. The molecule has 0 atom stereocenters. The van der Waals surface area contributed by atoms with Crippen LogP contribution in [-0.2, 0) is 5.41 Å². The largest absolute Gasteiger partial charge is 0.330 e. The predicted octanol–water partition coefficient (Wildman–Crippen LogP) is 0.966. The van der Waals surface area contributed by atoms with Crippen LogP contribution in [0.5, 0.6) is 0 Å². The molecule has 0 saturated carbocycles. The van der Waals surface area contributed by atoms with Gasteiger partial charge in [0, 0.05) is 30.4 Å². The van der Waals surface area contributed by atoms with Crippen molar-refractivity contribution in [2.75, 3.05) is 6.54 Å². The molecule has 2 N–H and O–H groups in total. The van der Waals surface area contributed by atoms with Crippen LogP contribution in [0.25, 0.3) is 5.65 Å². The van der Waals surface area contributed by atoms with Crippen LogP contribution in [0.2, 0.25) is 0 Å². The molecule has 0 aliphatic rings. The molecule has 0 aliphatic carbocycles. The summed E-state index contributed by atoms with van der Waals surface area (Å²) in [5, 5.41) is 4.43. The van der Waals surface area contributed by atoms with Gasteiger partial charge in [0.05, 0.1) is 5.69 Å². The molecular weight excluding hydrogens is 176 g/mol. The zero-order valence-electron chi connectivity index (χ0n) is 8.44. The van der Waals surface area contributed by atoms with Crippen LogP contribution in [0, 0.1) is 0 Å². The van der Waals surface area contributed by atoms with Crippen LogP contribution in [0.4, 0.5) is 0 Å². The van der Waals surface area contributed by atoms with Crippen molar-refractivity contribution >= 4 is 5.65 Å². The van der Waals surface area contributed by atoms with Gasteiger partial charge in [-0.15, -0.1) is 0 Å². The summed E-state index contributed by atoms with van der Waals surface area (Å²) in [4.78, 5) is 4.21. The Morgan fingerprint density at radius 2 is 2.29 bits per heavy atom. The molecule has 4 heteroatoms. The van der Waals surface area contributed by atoms with E-state index in [2.05, 4.69) is 23.9 Å². The van der Waals surface area contributed by atoms with Gasteiger partial charge in [0.25, 0.3) is 0 Å². The summed E-state index contributed by atoms with van der Waals surface area (Å²) in [6.07, 6.45) is 3.65. The molecule has 0 bridgehead atoms. The van der Waals surface area contributed by atoms with E-state index in [9.17, 15) is 0 Å². The van der Waals surface area contributed by atoms with Gasteiger partial charge in [-0.2, -0.15) is 5.10 Å². The fourth-order valence-corrected chi connectivity index (χ4v) is 1.27. The highest BCUT2D eigenvalue weighted by Gasteiger charge is 2.22. The highest BCUT2D eigenvalue weighted by Crippen LogP contribution is 2.20. The van der Waals surface area contributed by atoms with Crippen molar-refractivity contribution in [1.82, 2.24) is 14.6 Å². The van der Waals surface area contributed by atoms with E-state index < -0.39 is 0 Å². The maximum atomic E-state index is 5.69. The average Bonchev–Trinajstić information content (AvgIpc) is 2.61. The zero-order valence-corrected chi connectivity index (χ0v) is 8.44. The minimum Gasteiger partial charge on any atom is -0.330 e. The number of nitrogens with two attached hydrogens (primary N) is 1. The molecule has 0 spiro atoms. The van der Waals surface area contributed by atoms with Gasteiger partial charge in [-0.1, -0.05) is 13.8 Å². The molecule has 2 aromatic rings. The Bertz CT molecular complexity index is 411. The van der Waals surface area contributed by atoms with E-state index in [1.807, 2.05) is 18.3 Å². The topological polar surface area (TPSA) is 56.2 Å². The Morgan fingerprint density at radius 1 is 1.50 bits per heavy atom. The number of rotatable bonds is 2. The van der Waals surface area contributed by atoms with Crippen LogP contribution in [0.3, 0.4) is 0 Å². The molecule has 14 heavy (non-hydrogen) atoms. The quantitative estimate of drug-likeness (QED) is 0.767. The molecular formula is C10H14N4. The van der Waals surface area contributed by atoms with Crippen LogP contribution >= 0.6 is 0 Å². The van der Waals surface area contributed by atoms with Crippen LogP contribution in [0.1, 0.15) is 19.5 Å². The Hall–Kier alpha value is -1.42.